The Hall–Kier alpha value is -2.84. The van der Waals surface area contributed by atoms with Crippen molar-refractivity contribution in [3.8, 4) is 0 Å². The van der Waals surface area contributed by atoms with Gasteiger partial charge in [0, 0.05) is 12.5 Å². The summed E-state index contributed by atoms with van der Waals surface area (Å²) in [6.07, 6.45) is 5.22. The van der Waals surface area contributed by atoms with Crippen LogP contribution in [0, 0.1) is 0 Å². The molecular weight excluding hydrogens is 364 g/mol. The summed E-state index contributed by atoms with van der Waals surface area (Å²) in [7, 11) is 3.06. The normalized spacial score (nSPS) is 18.9. The molecule has 0 aromatic heterocycles. The van der Waals surface area contributed by atoms with Crippen LogP contribution in [0.1, 0.15) is 40.5 Å². The van der Waals surface area contributed by atoms with Gasteiger partial charge in [-0.15, -0.1) is 0 Å². The predicted octanol–water partition coefficient (Wildman–Crippen LogP) is 2.38. The molecule has 156 valence electrons. The van der Waals surface area contributed by atoms with Crippen molar-refractivity contribution < 1.29 is 23.8 Å². The molecule has 1 aliphatic carbocycles. The summed E-state index contributed by atoms with van der Waals surface area (Å²) in [6.45, 7) is 6.85. The lowest BCUT2D eigenvalue weighted by molar-refractivity contribution is -0.124. The van der Waals surface area contributed by atoms with Crippen molar-refractivity contribution in [1.82, 2.24) is 4.90 Å². The lowest BCUT2D eigenvalue weighted by Gasteiger charge is -2.29. The number of rotatable bonds is 6. The number of aliphatic imine (C=N–C) groups is 2. The van der Waals surface area contributed by atoms with Gasteiger partial charge in [0.05, 0.1) is 38.6 Å². The highest BCUT2D eigenvalue weighted by Crippen LogP contribution is 2.23. The first kappa shape index (κ1) is 23.2. The summed E-state index contributed by atoms with van der Waals surface area (Å²) in [4.78, 5) is 34.5. The van der Waals surface area contributed by atoms with Crippen molar-refractivity contribution in [3.63, 3.8) is 0 Å². The molecule has 0 aromatic carbocycles. The molecule has 9 nitrogen and oxygen atoms in total. The number of ether oxygens (including phenoxy) is 3. The SMILES string of the molecule is COC1=CC(N(C(=O)C=NC(C)N=CN)C(=O)OC(C)(C)C)CCC(OC)=C1. The summed E-state index contributed by atoms with van der Waals surface area (Å²) in [6, 6.07) is -0.596. The summed E-state index contributed by atoms with van der Waals surface area (Å²) in [5.74, 6) is 0.552. The Kier molecular flexibility index (Phi) is 8.69. The van der Waals surface area contributed by atoms with Crippen molar-refractivity contribution >= 4 is 24.6 Å². The number of carbonyl (C=O) groups is 2. The topological polar surface area (TPSA) is 116 Å². The van der Waals surface area contributed by atoms with Crippen LogP contribution < -0.4 is 5.73 Å². The highest BCUT2D eigenvalue weighted by Gasteiger charge is 2.33. The number of amides is 2. The second kappa shape index (κ2) is 10.5. The Labute approximate surface area is 165 Å². The molecule has 0 fully saturated rings. The van der Waals surface area contributed by atoms with Crippen molar-refractivity contribution in [1.29, 1.82) is 0 Å². The van der Waals surface area contributed by atoms with Gasteiger partial charge in [-0.2, -0.15) is 0 Å². The average molecular weight is 394 g/mol. The molecule has 2 amide bonds. The average Bonchev–Trinajstić information content (AvgIpc) is 2.81. The van der Waals surface area contributed by atoms with Crippen molar-refractivity contribution in [2.45, 2.75) is 58.3 Å². The molecule has 0 aliphatic heterocycles. The van der Waals surface area contributed by atoms with Crippen molar-refractivity contribution in [2.75, 3.05) is 14.2 Å². The van der Waals surface area contributed by atoms with Crippen molar-refractivity contribution in [2.24, 2.45) is 15.7 Å². The largest absolute Gasteiger partial charge is 0.501 e. The van der Waals surface area contributed by atoms with Gasteiger partial charge in [0.15, 0.2) is 0 Å². The molecule has 2 atom stereocenters. The van der Waals surface area contributed by atoms with Crippen LogP contribution in [0.5, 0.6) is 0 Å². The van der Waals surface area contributed by atoms with Crippen LogP contribution in [0.15, 0.2) is 33.7 Å². The molecular formula is C19H30N4O5. The van der Waals surface area contributed by atoms with Crippen LogP contribution >= 0.6 is 0 Å². The third-order valence-electron chi connectivity index (χ3n) is 3.71. The highest BCUT2D eigenvalue weighted by atomic mass is 16.6. The molecule has 28 heavy (non-hydrogen) atoms. The van der Waals surface area contributed by atoms with E-state index in [1.807, 2.05) is 0 Å². The van der Waals surface area contributed by atoms with Crippen LogP contribution in [0.3, 0.4) is 0 Å². The molecule has 0 spiro atoms. The second-order valence-electron chi connectivity index (χ2n) is 7.09. The first-order valence-electron chi connectivity index (χ1n) is 8.94. The Balaban J connectivity index is 3.20. The molecule has 0 heterocycles. The van der Waals surface area contributed by atoms with Gasteiger partial charge in [-0.05, 0) is 40.2 Å². The first-order chi connectivity index (χ1) is 13.1. The lowest BCUT2D eigenvalue weighted by Crippen LogP contribution is -2.47. The Morgan fingerprint density at radius 2 is 1.96 bits per heavy atom. The molecule has 0 radical (unpaired) electrons. The zero-order valence-corrected chi connectivity index (χ0v) is 17.3. The smallest absolute Gasteiger partial charge is 0.417 e. The first-order valence-corrected chi connectivity index (χ1v) is 8.94. The highest BCUT2D eigenvalue weighted by molar-refractivity contribution is 6.29. The minimum atomic E-state index is -0.767. The van der Waals surface area contributed by atoms with E-state index in [4.69, 9.17) is 19.9 Å². The molecule has 9 heteroatoms. The van der Waals surface area contributed by atoms with E-state index < -0.39 is 29.8 Å². The van der Waals surface area contributed by atoms with Gasteiger partial charge in [-0.3, -0.25) is 9.79 Å². The quantitative estimate of drug-likeness (QED) is 0.546. The molecule has 1 aliphatic rings. The number of methoxy groups -OCH3 is 2. The fourth-order valence-corrected chi connectivity index (χ4v) is 2.43. The molecule has 0 saturated carbocycles. The standard InChI is InChI=1S/C19H30N4O5/c1-13(22-12-20)21-11-17(24)23(18(25)28-19(2,3)4)14-7-8-15(26-5)10-16(9-14)27-6/h9-14H,7-8H2,1-6H3,(H2,20,22). The summed E-state index contributed by atoms with van der Waals surface area (Å²) in [5.41, 5.74) is 4.46. The second-order valence-corrected chi connectivity index (χ2v) is 7.09. The Morgan fingerprint density at radius 3 is 2.50 bits per heavy atom. The fourth-order valence-electron chi connectivity index (χ4n) is 2.43. The van der Waals surface area contributed by atoms with Crippen molar-refractivity contribution in [3.05, 3.63) is 23.7 Å². The maximum Gasteiger partial charge on any atom is 0.417 e. The van der Waals surface area contributed by atoms with E-state index in [2.05, 4.69) is 9.98 Å². The van der Waals surface area contributed by atoms with Crippen LogP contribution in [0.4, 0.5) is 4.79 Å². The van der Waals surface area contributed by atoms with E-state index in [9.17, 15) is 9.59 Å². The number of carbonyl (C=O) groups excluding carboxylic acids is 2. The molecule has 0 bridgehead atoms. The monoisotopic (exact) mass is 394 g/mol. The summed E-state index contributed by atoms with van der Waals surface area (Å²) < 4.78 is 16.1. The minimum absolute atomic E-state index is 0.446. The number of imide groups is 1. The number of hydrogen-bond acceptors (Lipinski definition) is 7. The number of hydrogen-bond donors (Lipinski definition) is 1. The third kappa shape index (κ3) is 7.42. The zero-order chi connectivity index (χ0) is 21.3. The van der Waals surface area contributed by atoms with E-state index in [0.717, 1.165) is 17.5 Å². The van der Waals surface area contributed by atoms with Crippen LogP contribution in [0.2, 0.25) is 0 Å². The number of nitrogens with two attached hydrogens (primary N) is 1. The van der Waals surface area contributed by atoms with E-state index in [-0.39, 0.29) is 0 Å². The van der Waals surface area contributed by atoms with Gasteiger partial charge >= 0.3 is 6.09 Å². The number of allylic oxidation sites excluding steroid dienone is 2. The van der Waals surface area contributed by atoms with Crippen LogP contribution in [-0.4, -0.2) is 61.5 Å². The van der Waals surface area contributed by atoms with Crippen LogP contribution in [-0.2, 0) is 19.0 Å². The summed E-state index contributed by atoms with van der Waals surface area (Å²) in [5, 5.41) is 0. The zero-order valence-electron chi connectivity index (χ0n) is 17.3. The molecule has 2 unspecified atom stereocenters. The third-order valence-corrected chi connectivity index (χ3v) is 3.71. The van der Waals surface area contributed by atoms with E-state index in [1.54, 1.807) is 47.0 Å². The maximum absolute atomic E-state index is 12.8. The van der Waals surface area contributed by atoms with E-state index in [0.29, 0.717) is 24.4 Å². The van der Waals surface area contributed by atoms with Gasteiger partial charge in [0.1, 0.15) is 17.5 Å². The minimum Gasteiger partial charge on any atom is -0.501 e. The Bertz CT molecular complexity index is 676. The number of nitrogens with zero attached hydrogens (tertiary/aromatic N) is 3. The summed E-state index contributed by atoms with van der Waals surface area (Å²) >= 11 is 0. The Morgan fingerprint density at radius 1 is 1.29 bits per heavy atom. The molecule has 2 N–H and O–H groups in total. The molecule has 0 aromatic rings. The lowest BCUT2D eigenvalue weighted by atomic mass is 10.1. The maximum atomic E-state index is 12.8. The van der Waals surface area contributed by atoms with Gasteiger partial charge in [-0.25, -0.2) is 14.7 Å². The fraction of sp³-hybridized carbons (Fsp3) is 0.579. The van der Waals surface area contributed by atoms with Gasteiger partial charge in [-0.1, -0.05) is 0 Å². The van der Waals surface area contributed by atoms with Gasteiger partial charge in [0.2, 0.25) is 0 Å². The predicted molar refractivity (Wildman–Crippen MR) is 107 cm³/mol. The van der Waals surface area contributed by atoms with E-state index in [1.165, 1.54) is 7.11 Å². The van der Waals surface area contributed by atoms with Crippen LogP contribution in [0.25, 0.3) is 0 Å². The molecule has 0 saturated heterocycles. The van der Waals surface area contributed by atoms with Gasteiger partial charge < -0.3 is 19.9 Å². The molecule has 1 rings (SSSR count). The van der Waals surface area contributed by atoms with E-state index >= 15 is 0 Å². The van der Waals surface area contributed by atoms with Gasteiger partial charge in [0.25, 0.3) is 5.91 Å².